The fourth-order valence-corrected chi connectivity index (χ4v) is 0.671. The Bertz CT molecular complexity index is 116. The van der Waals surface area contributed by atoms with Crippen LogP contribution in [0.25, 0.3) is 0 Å². The molecule has 88 valence electrons. The molecule has 0 fully saturated rings. The third-order valence-corrected chi connectivity index (χ3v) is 3.42. The molecule has 0 rings (SSSR count). The van der Waals surface area contributed by atoms with Gasteiger partial charge < -0.3 is 4.90 Å². The average molecular weight is 226 g/mol. The van der Waals surface area contributed by atoms with Crippen molar-refractivity contribution in [1.82, 2.24) is 4.90 Å². The van der Waals surface area contributed by atoms with Crippen LogP contribution in [0.1, 0.15) is 34.6 Å². The van der Waals surface area contributed by atoms with E-state index in [2.05, 4.69) is 25.7 Å². The quantitative estimate of drug-likeness (QED) is 0.635. The van der Waals surface area contributed by atoms with Gasteiger partial charge in [-0.25, -0.2) is 0 Å². The van der Waals surface area contributed by atoms with E-state index in [-0.39, 0.29) is 0 Å². The SMILES string of the molecule is CC(C)[P+](O)(O)O.CCN(CC)CC. The van der Waals surface area contributed by atoms with Crippen LogP contribution >= 0.6 is 7.94 Å². The summed E-state index contributed by atoms with van der Waals surface area (Å²) in [7, 11) is -3.49. The van der Waals surface area contributed by atoms with Crippen LogP contribution in [0.5, 0.6) is 0 Å². The minimum Gasteiger partial charge on any atom is -0.304 e. The van der Waals surface area contributed by atoms with Gasteiger partial charge in [-0.15, -0.1) is 0 Å². The molecule has 0 saturated heterocycles. The predicted molar refractivity (Wildman–Crippen MR) is 62.2 cm³/mol. The second-order valence-corrected chi connectivity index (χ2v) is 5.59. The van der Waals surface area contributed by atoms with Gasteiger partial charge in [-0.2, -0.15) is 14.7 Å². The molecule has 0 aromatic heterocycles. The maximum atomic E-state index is 8.32. The molecule has 0 spiro atoms. The van der Waals surface area contributed by atoms with Gasteiger partial charge in [0.2, 0.25) is 0 Å². The summed E-state index contributed by atoms with van der Waals surface area (Å²) in [6.07, 6.45) is 0. The normalized spacial score (nSPS) is 11.6. The monoisotopic (exact) mass is 226 g/mol. The van der Waals surface area contributed by atoms with E-state index >= 15 is 0 Å². The van der Waals surface area contributed by atoms with E-state index in [1.54, 1.807) is 13.8 Å². The van der Waals surface area contributed by atoms with E-state index in [1.165, 1.54) is 19.6 Å². The van der Waals surface area contributed by atoms with Crippen molar-refractivity contribution in [1.29, 1.82) is 0 Å². The Balaban J connectivity index is 0. The van der Waals surface area contributed by atoms with Crippen molar-refractivity contribution in [2.75, 3.05) is 19.6 Å². The fourth-order valence-electron chi connectivity index (χ4n) is 0.671. The third kappa shape index (κ3) is 10.4. The van der Waals surface area contributed by atoms with Gasteiger partial charge in [0, 0.05) is 0 Å². The lowest BCUT2D eigenvalue weighted by Crippen LogP contribution is -2.21. The lowest BCUT2D eigenvalue weighted by molar-refractivity contribution is 0.320. The molecule has 5 heteroatoms. The highest BCUT2D eigenvalue weighted by Gasteiger charge is 2.34. The Morgan fingerprint density at radius 2 is 1.14 bits per heavy atom. The summed E-state index contributed by atoms with van der Waals surface area (Å²) in [4.78, 5) is 27.3. The number of nitrogens with zero attached hydrogens (tertiary/aromatic N) is 1. The maximum Gasteiger partial charge on any atom is 0.406 e. The van der Waals surface area contributed by atoms with Gasteiger partial charge in [0.05, 0.1) is 0 Å². The molecule has 3 N–H and O–H groups in total. The lowest BCUT2D eigenvalue weighted by atomic mass is 10.5. The topological polar surface area (TPSA) is 63.9 Å². The second-order valence-electron chi connectivity index (χ2n) is 3.33. The molecule has 0 aromatic rings. The minimum atomic E-state index is -3.49. The van der Waals surface area contributed by atoms with E-state index in [0.717, 1.165) is 0 Å². The second kappa shape index (κ2) is 8.57. The molecule has 0 unspecified atom stereocenters. The van der Waals surface area contributed by atoms with Crippen LogP contribution in [0.3, 0.4) is 0 Å². The van der Waals surface area contributed by atoms with Gasteiger partial charge in [0.15, 0.2) is 0 Å². The zero-order valence-corrected chi connectivity index (χ0v) is 10.8. The van der Waals surface area contributed by atoms with Crippen LogP contribution in [0.4, 0.5) is 0 Å². The standard InChI is InChI=1S/C6H15N.C3H10O3P/c1-4-7(5-2)6-3;1-3(2)7(4,5)6/h4-6H2,1-3H3;3-6H,1-2H3/q;+1. The first-order chi connectivity index (χ1) is 6.29. The zero-order chi connectivity index (χ0) is 11.8. The maximum absolute atomic E-state index is 8.32. The Labute approximate surface area is 88.2 Å². The van der Waals surface area contributed by atoms with E-state index in [4.69, 9.17) is 14.7 Å². The first kappa shape index (κ1) is 16.7. The van der Waals surface area contributed by atoms with Gasteiger partial charge >= 0.3 is 7.94 Å². The molecule has 0 radical (unpaired) electrons. The summed E-state index contributed by atoms with van der Waals surface area (Å²) >= 11 is 0. The molecule has 0 aromatic carbocycles. The van der Waals surface area contributed by atoms with Gasteiger partial charge in [-0.1, -0.05) is 20.8 Å². The summed E-state index contributed by atoms with van der Waals surface area (Å²) in [6.45, 7) is 13.2. The van der Waals surface area contributed by atoms with Crippen molar-refractivity contribution in [3.63, 3.8) is 0 Å². The van der Waals surface area contributed by atoms with Gasteiger partial charge in [0.1, 0.15) is 5.66 Å². The van der Waals surface area contributed by atoms with E-state index < -0.39 is 13.6 Å². The Kier molecular flexibility index (Phi) is 10.2. The smallest absolute Gasteiger partial charge is 0.304 e. The Morgan fingerprint density at radius 3 is 1.14 bits per heavy atom. The molecule has 0 atom stereocenters. The summed E-state index contributed by atoms with van der Waals surface area (Å²) in [6, 6.07) is 0. The van der Waals surface area contributed by atoms with E-state index in [0.29, 0.717) is 0 Å². The van der Waals surface area contributed by atoms with Gasteiger partial charge in [0.25, 0.3) is 0 Å². The molecule has 0 amide bonds. The minimum absolute atomic E-state index is 0.424. The molecule has 0 bridgehead atoms. The van der Waals surface area contributed by atoms with Gasteiger partial charge in [-0.3, -0.25) is 0 Å². The number of hydrogen-bond donors (Lipinski definition) is 3. The van der Waals surface area contributed by atoms with Crippen molar-refractivity contribution in [2.45, 2.75) is 40.3 Å². The summed E-state index contributed by atoms with van der Waals surface area (Å²) in [5, 5.41) is 0. The van der Waals surface area contributed by atoms with Crippen molar-refractivity contribution < 1.29 is 14.7 Å². The largest absolute Gasteiger partial charge is 0.406 e. The summed E-state index contributed by atoms with van der Waals surface area (Å²) in [5.74, 6) is 0. The molecule has 0 saturated carbocycles. The highest BCUT2D eigenvalue weighted by atomic mass is 31.2. The van der Waals surface area contributed by atoms with Crippen molar-refractivity contribution in [3.05, 3.63) is 0 Å². The molecular formula is C9H25NO3P+. The van der Waals surface area contributed by atoms with Crippen molar-refractivity contribution in [2.24, 2.45) is 0 Å². The molecule has 0 aliphatic carbocycles. The first-order valence-electron chi connectivity index (χ1n) is 5.08. The van der Waals surface area contributed by atoms with Crippen LogP contribution in [0.15, 0.2) is 0 Å². The van der Waals surface area contributed by atoms with Crippen LogP contribution in [0.2, 0.25) is 0 Å². The van der Waals surface area contributed by atoms with E-state index in [1.807, 2.05) is 0 Å². The lowest BCUT2D eigenvalue weighted by Gasteiger charge is -2.13. The van der Waals surface area contributed by atoms with Crippen LogP contribution in [0, 0.1) is 0 Å². The van der Waals surface area contributed by atoms with Gasteiger partial charge in [-0.05, 0) is 33.5 Å². The fraction of sp³-hybridized carbons (Fsp3) is 1.00. The molecule has 4 nitrogen and oxygen atoms in total. The number of hydrogen-bond acceptors (Lipinski definition) is 4. The predicted octanol–water partition coefficient (Wildman–Crippen LogP) is 1.48. The van der Waals surface area contributed by atoms with Crippen LogP contribution in [-0.2, 0) is 0 Å². The molecule has 0 aliphatic rings. The highest BCUT2D eigenvalue weighted by Crippen LogP contribution is 2.49. The molecular weight excluding hydrogens is 201 g/mol. The summed E-state index contributed by atoms with van der Waals surface area (Å²) in [5.41, 5.74) is -0.424. The molecule has 0 aliphatic heterocycles. The van der Waals surface area contributed by atoms with Crippen molar-refractivity contribution >= 4 is 7.94 Å². The Morgan fingerprint density at radius 1 is 0.929 bits per heavy atom. The Hall–Kier alpha value is 0.270. The average Bonchev–Trinajstić information content (AvgIpc) is 2.07. The first-order valence-corrected chi connectivity index (χ1v) is 6.80. The van der Waals surface area contributed by atoms with Crippen molar-refractivity contribution in [3.8, 4) is 0 Å². The molecule has 14 heavy (non-hydrogen) atoms. The molecule has 0 heterocycles. The van der Waals surface area contributed by atoms with Crippen LogP contribution < -0.4 is 0 Å². The zero-order valence-electron chi connectivity index (χ0n) is 9.93. The summed E-state index contributed by atoms with van der Waals surface area (Å²) < 4.78 is 0. The van der Waals surface area contributed by atoms with E-state index in [9.17, 15) is 0 Å². The number of rotatable bonds is 4. The third-order valence-electron chi connectivity index (χ3n) is 2.03. The highest BCUT2D eigenvalue weighted by molar-refractivity contribution is 7.59. The van der Waals surface area contributed by atoms with Crippen LogP contribution in [-0.4, -0.2) is 44.9 Å².